The summed E-state index contributed by atoms with van der Waals surface area (Å²) in [5.74, 6) is 0.0446. The molecule has 1 aliphatic heterocycles. The summed E-state index contributed by atoms with van der Waals surface area (Å²) in [5, 5.41) is 8.85. The summed E-state index contributed by atoms with van der Waals surface area (Å²) in [4.78, 5) is 25.9. The first kappa shape index (κ1) is 13.9. The predicted octanol–water partition coefficient (Wildman–Crippen LogP) is 1.81. The number of amides is 2. The van der Waals surface area contributed by atoms with Crippen LogP contribution in [-0.2, 0) is 11.2 Å². The van der Waals surface area contributed by atoms with Crippen molar-refractivity contribution in [3.05, 3.63) is 34.3 Å². The van der Waals surface area contributed by atoms with E-state index in [1.165, 1.54) is 4.90 Å². The van der Waals surface area contributed by atoms with Gasteiger partial charge >= 0.3 is 6.09 Å². The van der Waals surface area contributed by atoms with Gasteiger partial charge in [0.2, 0.25) is 5.91 Å². The molecule has 0 aliphatic carbocycles. The molecule has 1 aromatic rings. The van der Waals surface area contributed by atoms with Crippen LogP contribution in [0.25, 0.3) is 0 Å². The van der Waals surface area contributed by atoms with E-state index in [2.05, 4.69) is 15.9 Å². The third kappa shape index (κ3) is 3.70. The topological polar surface area (TPSA) is 60.9 Å². The maximum atomic E-state index is 12.1. The van der Waals surface area contributed by atoms with E-state index in [0.29, 0.717) is 32.6 Å². The normalized spacial score (nSPS) is 15.4. The lowest BCUT2D eigenvalue weighted by Gasteiger charge is -2.33. The number of nitrogens with zero attached hydrogens (tertiary/aromatic N) is 2. The Hall–Kier alpha value is -1.56. The number of carboxylic acid groups (broad SMARTS) is 1. The molecule has 1 aliphatic rings. The van der Waals surface area contributed by atoms with Crippen LogP contribution in [0.2, 0.25) is 0 Å². The smallest absolute Gasteiger partial charge is 0.407 e. The monoisotopic (exact) mass is 326 g/mol. The van der Waals surface area contributed by atoms with E-state index in [-0.39, 0.29) is 5.91 Å². The third-order valence-corrected chi connectivity index (χ3v) is 3.64. The molecule has 5 nitrogen and oxygen atoms in total. The predicted molar refractivity (Wildman–Crippen MR) is 74.0 cm³/mol. The molecule has 6 heteroatoms. The highest BCUT2D eigenvalue weighted by Crippen LogP contribution is 2.13. The van der Waals surface area contributed by atoms with Gasteiger partial charge in [0.15, 0.2) is 0 Å². The fourth-order valence-corrected chi connectivity index (χ4v) is 2.53. The summed E-state index contributed by atoms with van der Waals surface area (Å²) in [5.41, 5.74) is 0.958. The number of benzene rings is 1. The first-order chi connectivity index (χ1) is 9.06. The number of rotatable bonds is 2. The molecule has 1 N–H and O–H groups in total. The van der Waals surface area contributed by atoms with Crippen LogP contribution in [0.4, 0.5) is 4.79 Å². The van der Waals surface area contributed by atoms with Crippen LogP contribution in [-0.4, -0.2) is 53.1 Å². The largest absolute Gasteiger partial charge is 0.465 e. The lowest BCUT2D eigenvalue weighted by atomic mass is 10.1. The number of piperazine rings is 1. The molecule has 0 atom stereocenters. The Labute approximate surface area is 119 Å². The highest BCUT2D eigenvalue weighted by atomic mass is 79.9. The molecule has 19 heavy (non-hydrogen) atoms. The molecule has 1 saturated heterocycles. The second-order valence-electron chi connectivity index (χ2n) is 4.46. The number of hydrogen-bond donors (Lipinski definition) is 1. The number of carbonyl (C=O) groups excluding carboxylic acids is 1. The lowest BCUT2D eigenvalue weighted by molar-refractivity contribution is -0.132. The Bertz CT molecular complexity index is 485. The minimum atomic E-state index is -0.918. The molecule has 2 amide bonds. The Morgan fingerprint density at radius 2 is 1.79 bits per heavy atom. The molecule has 0 aromatic heterocycles. The average Bonchev–Trinajstić information content (AvgIpc) is 2.39. The molecule has 0 saturated carbocycles. The van der Waals surface area contributed by atoms with Crippen LogP contribution in [0.1, 0.15) is 5.56 Å². The molecular weight excluding hydrogens is 312 g/mol. The van der Waals surface area contributed by atoms with Crippen molar-refractivity contribution >= 4 is 27.9 Å². The second-order valence-corrected chi connectivity index (χ2v) is 5.37. The maximum Gasteiger partial charge on any atom is 0.407 e. The third-order valence-electron chi connectivity index (χ3n) is 3.15. The van der Waals surface area contributed by atoms with Gasteiger partial charge in [-0.15, -0.1) is 0 Å². The lowest BCUT2D eigenvalue weighted by Crippen LogP contribution is -2.50. The summed E-state index contributed by atoms with van der Waals surface area (Å²) >= 11 is 3.38. The molecule has 0 spiro atoms. The standard InChI is InChI=1S/C13H15BrN2O3/c14-11-3-1-2-10(8-11)9-12(17)15-4-6-16(7-5-15)13(18)19/h1-3,8H,4-7,9H2,(H,18,19). The van der Waals surface area contributed by atoms with Crippen LogP contribution in [0.5, 0.6) is 0 Å². The Morgan fingerprint density at radius 1 is 1.16 bits per heavy atom. The Balaban J connectivity index is 1.90. The molecule has 1 fully saturated rings. The minimum absolute atomic E-state index is 0.0446. The number of hydrogen-bond acceptors (Lipinski definition) is 2. The van der Waals surface area contributed by atoms with Crippen molar-refractivity contribution in [2.24, 2.45) is 0 Å². The summed E-state index contributed by atoms with van der Waals surface area (Å²) in [7, 11) is 0. The fraction of sp³-hybridized carbons (Fsp3) is 0.385. The van der Waals surface area contributed by atoms with E-state index < -0.39 is 6.09 Å². The summed E-state index contributed by atoms with van der Waals surface area (Å²) < 4.78 is 0.952. The molecule has 0 unspecified atom stereocenters. The molecule has 0 bridgehead atoms. The van der Waals surface area contributed by atoms with Crippen LogP contribution in [0.15, 0.2) is 28.7 Å². The van der Waals surface area contributed by atoms with Crippen molar-refractivity contribution in [1.29, 1.82) is 0 Å². The SMILES string of the molecule is O=C(O)N1CCN(C(=O)Cc2cccc(Br)c2)CC1. The fourth-order valence-electron chi connectivity index (χ4n) is 2.08. The zero-order valence-electron chi connectivity index (χ0n) is 10.4. The van der Waals surface area contributed by atoms with Gasteiger partial charge in [0.25, 0.3) is 0 Å². The molecule has 1 aromatic carbocycles. The van der Waals surface area contributed by atoms with Crippen molar-refractivity contribution in [3.63, 3.8) is 0 Å². The molecule has 1 heterocycles. The van der Waals surface area contributed by atoms with E-state index in [1.807, 2.05) is 24.3 Å². The van der Waals surface area contributed by atoms with Crippen molar-refractivity contribution < 1.29 is 14.7 Å². The highest BCUT2D eigenvalue weighted by Gasteiger charge is 2.23. The zero-order chi connectivity index (χ0) is 13.8. The molecule has 102 valence electrons. The summed E-state index contributed by atoms with van der Waals surface area (Å²) in [6.45, 7) is 1.72. The van der Waals surface area contributed by atoms with Crippen LogP contribution in [0, 0.1) is 0 Å². The van der Waals surface area contributed by atoms with Crippen LogP contribution in [0.3, 0.4) is 0 Å². The first-order valence-corrected chi connectivity index (χ1v) is 6.85. The van der Waals surface area contributed by atoms with Gasteiger partial charge in [-0.25, -0.2) is 4.79 Å². The first-order valence-electron chi connectivity index (χ1n) is 6.06. The van der Waals surface area contributed by atoms with Gasteiger partial charge in [-0.1, -0.05) is 28.1 Å². The van der Waals surface area contributed by atoms with Crippen molar-refractivity contribution in [3.8, 4) is 0 Å². The van der Waals surface area contributed by atoms with Gasteiger partial charge in [0, 0.05) is 30.7 Å². The van der Waals surface area contributed by atoms with Gasteiger partial charge in [-0.3, -0.25) is 4.79 Å². The molecular formula is C13H15BrN2O3. The van der Waals surface area contributed by atoms with E-state index in [9.17, 15) is 9.59 Å². The van der Waals surface area contributed by atoms with Gasteiger partial charge < -0.3 is 14.9 Å². The van der Waals surface area contributed by atoms with Crippen molar-refractivity contribution in [2.75, 3.05) is 26.2 Å². The van der Waals surface area contributed by atoms with Gasteiger partial charge in [0.05, 0.1) is 6.42 Å². The molecule has 0 radical (unpaired) electrons. The zero-order valence-corrected chi connectivity index (χ0v) is 12.0. The summed E-state index contributed by atoms with van der Waals surface area (Å²) in [6, 6.07) is 7.65. The van der Waals surface area contributed by atoms with Crippen molar-refractivity contribution in [2.45, 2.75) is 6.42 Å². The van der Waals surface area contributed by atoms with E-state index in [1.54, 1.807) is 4.90 Å². The van der Waals surface area contributed by atoms with Gasteiger partial charge in [-0.2, -0.15) is 0 Å². The van der Waals surface area contributed by atoms with Crippen LogP contribution >= 0.6 is 15.9 Å². The quantitative estimate of drug-likeness (QED) is 0.901. The maximum absolute atomic E-state index is 12.1. The Morgan fingerprint density at radius 3 is 2.37 bits per heavy atom. The summed E-state index contributed by atoms with van der Waals surface area (Å²) in [6.07, 6.45) is -0.564. The average molecular weight is 327 g/mol. The van der Waals surface area contributed by atoms with Gasteiger partial charge in [0.1, 0.15) is 0 Å². The van der Waals surface area contributed by atoms with E-state index >= 15 is 0 Å². The van der Waals surface area contributed by atoms with Gasteiger partial charge in [-0.05, 0) is 17.7 Å². The van der Waals surface area contributed by atoms with E-state index in [0.717, 1.165) is 10.0 Å². The Kier molecular flexibility index (Phi) is 4.42. The minimum Gasteiger partial charge on any atom is -0.465 e. The van der Waals surface area contributed by atoms with Crippen LogP contribution < -0.4 is 0 Å². The van der Waals surface area contributed by atoms with Crippen molar-refractivity contribution in [1.82, 2.24) is 9.80 Å². The number of halogens is 1. The second kappa shape index (κ2) is 6.06. The number of carbonyl (C=O) groups is 2. The highest BCUT2D eigenvalue weighted by molar-refractivity contribution is 9.10. The molecule has 2 rings (SSSR count). The van der Waals surface area contributed by atoms with E-state index in [4.69, 9.17) is 5.11 Å².